The number of halogens is 5. The number of pyridine rings is 1. The van der Waals surface area contributed by atoms with Crippen LogP contribution in [0.5, 0.6) is 0 Å². The van der Waals surface area contributed by atoms with Gasteiger partial charge in [0, 0.05) is 31.0 Å². The van der Waals surface area contributed by atoms with Crippen molar-refractivity contribution in [3.05, 3.63) is 110 Å². The lowest BCUT2D eigenvalue weighted by atomic mass is 9.95. The molecule has 1 heterocycles. The van der Waals surface area contributed by atoms with Crippen LogP contribution in [0.1, 0.15) is 38.2 Å². The molecule has 0 spiro atoms. The Balaban J connectivity index is 0.000000309. The minimum absolute atomic E-state index is 0.0695. The van der Waals surface area contributed by atoms with Gasteiger partial charge in [0.25, 0.3) is 11.5 Å². The Bertz CT molecular complexity index is 1770. The fraction of sp³-hybridized carbons (Fsp3) is 0.281. The van der Waals surface area contributed by atoms with Crippen molar-refractivity contribution >= 4 is 37.3 Å². The highest BCUT2D eigenvalue weighted by Gasteiger charge is 2.37. The molecule has 0 saturated heterocycles. The van der Waals surface area contributed by atoms with E-state index in [1.54, 1.807) is 30.3 Å². The van der Waals surface area contributed by atoms with Crippen molar-refractivity contribution in [3.63, 3.8) is 0 Å². The first-order valence-electron chi connectivity index (χ1n) is 13.7. The van der Waals surface area contributed by atoms with Crippen molar-refractivity contribution in [2.75, 3.05) is 27.2 Å². The Labute approximate surface area is 258 Å². The van der Waals surface area contributed by atoms with E-state index in [4.69, 9.17) is 5.11 Å². The van der Waals surface area contributed by atoms with Crippen molar-refractivity contribution in [2.45, 2.75) is 25.9 Å². The number of hydrogen-bond acceptors (Lipinski definition) is 4. The van der Waals surface area contributed by atoms with Crippen LogP contribution in [0, 0.1) is 18.6 Å². The van der Waals surface area contributed by atoms with Gasteiger partial charge in [0.1, 0.15) is 23.7 Å². The van der Waals surface area contributed by atoms with E-state index in [-0.39, 0.29) is 17.4 Å². The molecule has 4 aromatic rings. The second kappa shape index (κ2) is 14.8. The number of fused-ring (bicyclic) bond motifs is 1. The lowest BCUT2D eigenvalue weighted by Crippen LogP contribution is -2.30. The number of carbonyl (C=O) groups is 2. The van der Waals surface area contributed by atoms with Crippen molar-refractivity contribution in [1.82, 2.24) is 14.8 Å². The zero-order valence-electron chi connectivity index (χ0n) is 25.1. The number of amides is 1. The van der Waals surface area contributed by atoms with E-state index in [2.05, 4.69) is 9.24 Å². The molecule has 240 valence electrons. The number of benzene rings is 3. The third-order valence-electron chi connectivity index (χ3n) is 7.06. The summed E-state index contributed by atoms with van der Waals surface area (Å²) in [6.45, 7) is 1.93. The molecule has 0 aliphatic carbocycles. The van der Waals surface area contributed by atoms with Crippen LogP contribution in [0.2, 0.25) is 0 Å². The standard InChI is InChI=1S/C23H26F3N2OP.C9H7F2NO3/c1-14-6-5-7-16(21(14)30)13-18-20(23(24,25)26)17-12-15(10-11-27(2)3)8-9-19(17)28(4)22(18)29;10-5-2-1-3-6(11)8(5)9(15)12-4-7(13)14/h5-9,12H,10-11,13,30H2,1-4H3;1-3H,4H2,(H,12,15)(H,13,14). The molecule has 13 heteroatoms. The lowest BCUT2D eigenvalue weighted by molar-refractivity contribution is -0.137. The molecule has 2 N–H and O–H groups in total. The molecule has 1 atom stereocenters. The number of carboxylic acids is 1. The summed E-state index contributed by atoms with van der Waals surface area (Å²) in [5.74, 6) is -4.44. The maximum atomic E-state index is 14.3. The molecule has 45 heavy (non-hydrogen) atoms. The predicted molar refractivity (Wildman–Crippen MR) is 166 cm³/mol. The Morgan fingerprint density at radius 2 is 1.64 bits per heavy atom. The molecule has 0 fully saturated rings. The topological polar surface area (TPSA) is 91.6 Å². The Hall–Kier alpha value is -4.15. The summed E-state index contributed by atoms with van der Waals surface area (Å²) >= 11 is 0. The van der Waals surface area contributed by atoms with Crippen LogP contribution >= 0.6 is 9.24 Å². The number of aliphatic carboxylic acids is 1. The Kier molecular flexibility index (Phi) is 11.6. The number of hydrogen-bond donors (Lipinski definition) is 2. The number of nitrogens with one attached hydrogen (secondary N) is 1. The SMILES string of the molecule is Cc1cccc(Cc2c(C(F)(F)F)c3cc(CCN(C)C)ccc3n(C)c2=O)c1P.O=C(O)CNC(=O)c1c(F)cccc1F. The average molecular weight is 650 g/mol. The Morgan fingerprint density at radius 3 is 2.22 bits per heavy atom. The van der Waals surface area contributed by atoms with E-state index in [0.29, 0.717) is 17.5 Å². The fourth-order valence-corrected chi connectivity index (χ4v) is 4.99. The van der Waals surface area contributed by atoms with Crippen LogP contribution in [0.25, 0.3) is 10.9 Å². The van der Waals surface area contributed by atoms with E-state index in [9.17, 15) is 36.3 Å². The zero-order valence-corrected chi connectivity index (χ0v) is 26.2. The van der Waals surface area contributed by atoms with Gasteiger partial charge < -0.3 is 19.9 Å². The normalized spacial score (nSPS) is 11.4. The van der Waals surface area contributed by atoms with Gasteiger partial charge in [0.2, 0.25) is 0 Å². The molecule has 0 aliphatic rings. The molecule has 0 aliphatic heterocycles. The average Bonchev–Trinajstić information content (AvgIpc) is 2.95. The van der Waals surface area contributed by atoms with Gasteiger partial charge in [0.05, 0.1) is 11.1 Å². The number of rotatable bonds is 8. The minimum Gasteiger partial charge on any atom is -0.480 e. The summed E-state index contributed by atoms with van der Waals surface area (Å²) in [5, 5.41) is 11.0. The molecule has 1 unspecified atom stereocenters. The predicted octanol–water partition coefficient (Wildman–Crippen LogP) is 4.84. The number of alkyl halides is 3. The molecular formula is C32H33F5N3O4P. The van der Waals surface area contributed by atoms with Gasteiger partial charge in [-0.25, -0.2) is 8.78 Å². The summed E-state index contributed by atoms with van der Waals surface area (Å²) < 4.78 is 70.1. The maximum absolute atomic E-state index is 14.3. The molecule has 1 amide bonds. The molecule has 3 aromatic carbocycles. The summed E-state index contributed by atoms with van der Waals surface area (Å²) in [7, 11) is 7.96. The van der Waals surface area contributed by atoms with Crippen molar-refractivity contribution in [2.24, 2.45) is 7.05 Å². The van der Waals surface area contributed by atoms with Gasteiger partial charge in [-0.1, -0.05) is 30.3 Å². The van der Waals surface area contributed by atoms with E-state index in [0.717, 1.165) is 41.2 Å². The minimum atomic E-state index is -4.63. The fourth-order valence-electron chi connectivity index (χ4n) is 4.70. The number of aryl methyl sites for hydroxylation is 2. The second-order valence-electron chi connectivity index (χ2n) is 10.6. The first kappa shape index (κ1) is 35.3. The molecule has 0 saturated carbocycles. The molecule has 4 rings (SSSR count). The summed E-state index contributed by atoms with van der Waals surface area (Å²) in [5.41, 5.74) is 0.337. The number of nitrogens with zero attached hydrogens (tertiary/aromatic N) is 2. The van der Waals surface area contributed by atoms with Crippen molar-refractivity contribution in [3.8, 4) is 0 Å². The smallest absolute Gasteiger partial charge is 0.417 e. The second-order valence-corrected chi connectivity index (χ2v) is 11.2. The highest BCUT2D eigenvalue weighted by molar-refractivity contribution is 7.27. The van der Waals surface area contributed by atoms with Crippen LogP contribution in [0.15, 0.2) is 59.4 Å². The van der Waals surface area contributed by atoms with Crippen LogP contribution in [-0.2, 0) is 30.9 Å². The van der Waals surface area contributed by atoms with Crippen molar-refractivity contribution < 1.29 is 36.6 Å². The van der Waals surface area contributed by atoms with Gasteiger partial charge in [-0.05, 0) is 73.7 Å². The van der Waals surface area contributed by atoms with E-state index >= 15 is 0 Å². The van der Waals surface area contributed by atoms with Gasteiger partial charge in [-0.2, -0.15) is 13.2 Å². The number of likely N-dealkylation sites (N-methyl/N-ethyl adjacent to an activating group) is 1. The third-order valence-corrected chi connectivity index (χ3v) is 7.89. The van der Waals surface area contributed by atoms with Gasteiger partial charge in [-0.3, -0.25) is 14.4 Å². The van der Waals surface area contributed by atoms with Crippen LogP contribution in [0.4, 0.5) is 22.0 Å². The van der Waals surface area contributed by atoms with Gasteiger partial charge in [-0.15, -0.1) is 9.24 Å². The van der Waals surface area contributed by atoms with E-state index < -0.39 is 52.9 Å². The van der Waals surface area contributed by atoms with Crippen LogP contribution in [0.3, 0.4) is 0 Å². The molecular weight excluding hydrogens is 616 g/mol. The molecule has 0 bridgehead atoms. The lowest BCUT2D eigenvalue weighted by Gasteiger charge is -2.20. The summed E-state index contributed by atoms with van der Waals surface area (Å²) in [4.78, 5) is 36.2. The quantitative estimate of drug-likeness (QED) is 0.211. The first-order valence-corrected chi connectivity index (χ1v) is 14.2. The maximum Gasteiger partial charge on any atom is 0.417 e. The first-order chi connectivity index (χ1) is 21.0. The summed E-state index contributed by atoms with van der Waals surface area (Å²) in [6.07, 6.45) is -4.07. The van der Waals surface area contributed by atoms with Crippen molar-refractivity contribution in [1.29, 1.82) is 0 Å². The number of aromatic nitrogens is 1. The molecule has 0 radical (unpaired) electrons. The Morgan fingerprint density at radius 1 is 1.02 bits per heavy atom. The number of carbonyl (C=O) groups excluding carboxylic acids is 1. The van der Waals surface area contributed by atoms with E-state index in [1.807, 2.05) is 37.3 Å². The number of carboxylic acid groups (broad SMARTS) is 1. The van der Waals surface area contributed by atoms with Crippen LogP contribution < -0.4 is 16.2 Å². The molecule has 1 aromatic heterocycles. The largest absolute Gasteiger partial charge is 0.480 e. The summed E-state index contributed by atoms with van der Waals surface area (Å²) in [6, 6.07) is 13.4. The zero-order chi connectivity index (χ0) is 33.6. The van der Waals surface area contributed by atoms with E-state index in [1.165, 1.54) is 11.6 Å². The molecule has 7 nitrogen and oxygen atoms in total. The third kappa shape index (κ3) is 8.73. The van der Waals surface area contributed by atoms with Crippen LogP contribution in [-0.4, -0.2) is 53.6 Å². The van der Waals surface area contributed by atoms with Gasteiger partial charge >= 0.3 is 12.1 Å². The van der Waals surface area contributed by atoms with Gasteiger partial charge in [0.15, 0.2) is 0 Å². The monoisotopic (exact) mass is 649 g/mol. The highest BCUT2D eigenvalue weighted by Crippen LogP contribution is 2.37. The highest BCUT2D eigenvalue weighted by atomic mass is 31.0.